The molecule has 1 rings (SSSR count). The molecule has 0 N–H and O–H groups in total. The molecule has 0 bridgehead atoms. The van der Waals surface area contributed by atoms with E-state index < -0.39 is 0 Å². The summed E-state index contributed by atoms with van der Waals surface area (Å²) < 4.78 is 0. The highest BCUT2D eigenvalue weighted by Gasteiger charge is 1.95. The van der Waals surface area contributed by atoms with Crippen LogP contribution in [-0.4, -0.2) is 0 Å². The molecule has 1 saturated carbocycles. The summed E-state index contributed by atoms with van der Waals surface area (Å²) in [7, 11) is 0. The van der Waals surface area contributed by atoms with E-state index in [0.717, 1.165) is 0 Å². The predicted octanol–water partition coefficient (Wildman–Crippen LogP) is 2.75. The second-order valence-corrected chi connectivity index (χ2v) is 2.27. The Morgan fingerprint density at radius 1 is 1.14 bits per heavy atom. The Hall–Kier alpha value is -0.260. The molecule has 0 aromatic rings. The van der Waals surface area contributed by atoms with Gasteiger partial charge in [0.05, 0.1) is 0 Å². The van der Waals surface area contributed by atoms with E-state index in [-0.39, 0.29) is 0 Å². The molecule has 0 amide bonds. The number of hydrogen-bond donors (Lipinski definition) is 0. The highest BCUT2D eigenvalue weighted by molar-refractivity contribution is 4.78. The van der Waals surface area contributed by atoms with Crippen LogP contribution >= 0.6 is 0 Å². The fourth-order valence-electron chi connectivity index (χ4n) is 0. The van der Waals surface area contributed by atoms with Crippen molar-refractivity contribution in [2.45, 2.75) is 33.1 Å². The van der Waals surface area contributed by atoms with Gasteiger partial charge in [-0.1, -0.05) is 24.8 Å². The first-order valence-electron chi connectivity index (χ1n) is 2.85. The fourth-order valence-corrected chi connectivity index (χ4v) is 0. The molecule has 1 fully saturated rings. The molecule has 0 radical (unpaired) electrons. The topological polar surface area (TPSA) is 0 Å². The standard InChI is InChI=1S/C4H8.C3H6/c1-4(2)3;1-2-3-1/h1H2,2-3H3;1-3H2. The molecule has 0 aliphatic heterocycles. The van der Waals surface area contributed by atoms with Crippen LogP contribution in [0.2, 0.25) is 0 Å². The van der Waals surface area contributed by atoms with Crippen LogP contribution in [0.1, 0.15) is 33.1 Å². The van der Waals surface area contributed by atoms with E-state index in [9.17, 15) is 0 Å². The van der Waals surface area contributed by atoms with Gasteiger partial charge < -0.3 is 0 Å². The first-order chi connectivity index (χ1) is 3.23. The lowest BCUT2D eigenvalue weighted by Gasteiger charge is -1.65. The van der Waals surface area contributed by atoms with Crippen molar-refractivity contribution in [3.8, 4) is 0 Å². The van der Waals surface area contributed by atoms with E-state index in [0.29, 0.717) is 0 Å². The Balaban J connectivity index is 0.000000105. The maximum Gasteiger partial charge on any atom is -0.0445 e. The first-order valence-corrected chi connectivity index (χ1v) is 2.85. The number of hydrogen-bond acceptors (Lipinski definition) is 0. The molecular weight excluding hydrogens is 84.1 g/mol. The summed E-state index contributed by atoms with van der Waals surface area (Å²) in [5.41, 5.74) is 1.17. The Morgan fingerprint density at radius 2 is 1.29 bits per heavy atom. The molecule has 7 heavy (non-hydrogen) atoms. The number of rotatable bonds is 0. The van der Waals surface area contributed by atoms with Crippen LogP contribution in [0.25, 0.3) is 0 Å². The Labute approximate surface area is 46.2 Å². The molecule has 0 heteroatoms. The normalized spacial score (nSPS) is 14.0. The highest BCUT2D eigenvalue weighted by Crippen LogP contribution is 2.14. The first kappa shape index (κ1) is 6.74. The van der Waals surface area contributed by atoms with Gasteiger partial charge in [-0.3, -0.25) is 0 Å². The zero-order valence-electron chi connectivity index (χ0n) is 5.33. The molecule has 1 aliphatic rings. The molecule has 0 saturated heterocycles. The van der Waals surface area contributed by atoms with Gasteiger partial charge in [0.15, 0.2) is 0 Å². The Morgan fingerprint density at radius 3 is 1.29 bits per heavy atom. The van der Waals surface area contributed by atoms with Crippen LogP contribution in [0.5, 0.6) is 0 Å². The molecular formula is C7H14. The molecule has 0 aromatic carbocycles. The van der Waals surface area contributed by atoms with Crippen molar-refractivity contribution in [1.82, 2.24) is 0 Å². The second kappa shape index (κ2) is 3.91. The van der Waals surface area contributed by atoms with Crippen molar-refractivity contribution in [2.24, 2.45) is 0 Å². The minimum atomic E-state index is 1.17. The average molecular weight is 98.2 g/mol. The number of allylic oxidation sites excluding steroid dienone is 1. The van der Waals surface area contributed by atoms with E-state index >= 15 is 0 Å². The van der Waals surface area contributed by atoms with E-state index in [4.69, 9.17) is 0 Å². The zero-order chi connectivity index (χ0) is 5.70. The lowest BCUT2D eigenvalue weighted by atomic mass is 10.4. The minimum Gasteiger partial charge on any atom is -0.100 e. The maximum atomic E-state index is 3.56. The SMILES string of the molecule is C1CC1.C=C(C)C. The highest BCUT2D eigenvalue weighted by atomic mass is 14.0. The van der Waals surface area contributed by atoms with Crippen molar-refractivity contribution in [2.75, 3.05) is 0 Å². The fraction of sp³-hybridized carbons (Fsp3) is 0.714. The summed E-state index contributed by atoms with van der Waals surface area (Å²) in [6.45, 7) is 7.50. The summed E-state index contributed by atoms with van der Waals surface area (Å²) in [5.74, 6) is 0. The smallest absolute Gasteiger partial charge is 0.0445 e. The van der Waals surface area contributed by atoms with E-state index in [1.807, 2.05) is 13.8 Å². The summed E-state index contributed by atoms with van der Waals surface area (Å²) >= 11 is 0. The second-order valence-electron chi connectivity index (χ2n) is 2.27. The van der Waals surface area contributed by atoms with Gasteiger partial charge in [-0.05, 0) is 13.8 Å². The molecule has 0 nitrogen and oxygen atoms in total. The molecule has 1 aliphatic carbocycles. The van der Waals surface area contributed by atoms with Crippen molar-refractivity contribution < 1.29 is 0 Å². The molecule has 0 heterocycles. The average Bonchev–Trinajstić information content (AvgIpc) is 2.02. The third-order valence-electron chi connectivity index (χ3n) is 0.354. The molecule has 42 valence electrons. The summed E-state index contributed by atoms with van der Waals surface area (Å²) in [4.78, 5) is 0. The monoisotopic (exact) mass is 98.1 g/mol. The van der Waals surface area contributed by atoms with Crippen molar-refractivity contribution >= 4 is 0 Å². The Bertz CT molecular complexity index is 44.3. The van der Waals surface area contributed by atoms with Crippen LogP contribution in [0.4, 0.5) is 0 Å². The van der Waals surface area contributed by atoms with E-state index in [2.05, 4.69) is 6.58 Å². The van der Waals surface area contributed by atoms with Gasteiger partial charge in [0.25, 0.3) is 0 Å². The molecule has 0 unspecified atom stereocenters. The van der Waals surface area contributed by atoms with Gasteiger partial charge >= 0.3 is 0 Å². The van der Waals surface area contributed by atoms with E-state index in [1.165, 1.54) is 24.8 Å². The van der Waals surface area contributed by atoms with E-state index in [1.54, 1.807) is 0 Å². The van der Waals surface area contributed by atoms with Gasteiger partial charge in [-0.25, -0.2) is 0 Å². The Kier molecular flexibility index (Phi) is 3.77. The molecule has 0 aromatic heterocycles. The maximum absolute atomic E-state index is 3.56. The van der Waals surface area contributed by atoms with Crippen LogP contribution < -0.4 is 0 Å². The van der Waals surface area contributed by atoms with Gasteiger partial charge in [0, 0.05) is 0 Å². The zero-order valence-corrected chi connectivity index (χ0v) is 5.33. The van der Waals surface area contributed by atoms with Gasteiger partial charge in [-0.2, -0.15) is 0 Å². The summed E-state index contributed by atoms with van der Waals surface area (Å²) in [6, 6.07) is 0. The lowest BCUT2D eigenvalue weighted by Crippen LogP contribution is -1.43. The molecule has 0 atom stereocenters. The van der Waals surface area contributed by atoms with Gasteiger partial charge in [-0.15, -0.1) is 6.58 Å². The third-order valence-corrected chi connectivity index (χ3v) is 0.354. The summed E-state index contributed by atoms with van der Waals surface area (Å²) in [6.07, 6.45) is 4.50. The van der Waals surface area contributed by atoms with Crippen LogP contribution in [-0.2, 0) is 0 Å². The lowest BCUT2D eigenvalue weighted by molar-refractivity contribution is 1.42. The predicted molar refractivity (Wildman–Crippen MR) is 34.3 cm³/mol. The largest absolute Gasteiger partial charge is 0.100 e. The molecule has 0 spiro atoms. The quantitative estimate of drug-likeness (QED) is 0.409. The summed E-state index contributed by atoms with van der Waals surface area (Å²) in [5, 5.41) is 0. The third kappa shape index (κ3) is 147. The van der Waals surface area contributed by atoms with Gasteiger partial charge in [0.2, 0.25) is 0 Å². The van der Waals surface area contributed by atoms with Crippen LogP contribution in [0.3, 0.4) is 0 Å². The van der Waals surface area contributed by atoms with Crippen LogP contribution in [0.15, 0.2) is 12.2 Å². The van der Waals surface area contributed by atoms with Gasteiger partial charge in [0.1, 0.15) is 0 Å². The van der Waals surface area contributed by atoms with Crippen LogP contribution in [0, 0.1) is 0 Å². The van der Waals surface area contributed by atoms with Crippen molar-refractivity contribution in [3.05, 3.63) is 12.2 Å². The minimum absolute atomic E-state index is 1.17. The van der Waals surface area contributed by atoms with Crippen molar-refractivity contribution in [1.29, 1.82) is 0 Å². The van der Waals surface area contributed by atoms with Crippen molar-refractivity contribution in [3.63, 3.8) is 0 Å².